The van der Waals surface area contributed by atoms with Gasteiger partial charge < -0.3 is 9.64 Å². The SMILES string of the molecule is CCC(Oc1ccc(C)cc1C)C(=O)N1CCN(S(=O)(=O)c2ccccc2)CC1. The van der Waals surface area contributed by atoms with Gasteiger partial charge in [-0.15, -0.1) is 0 Å². The molecule has 0 saturated carbocycles. The molecule has 0 N–H and O–H groups in total. The maximum atomic E-state index is 13.0. The molecule has 1 heterocycles. The Morgan fingerprint density at radius 1 is 1.03 bits per heavy atom. The van der Waals surface area contributed by atoms with Crippen molar-refractivity contribution in [1.29, 1.82) is 0 Å². The lowest BCUT2D eigenvalue weighted by molar-refractivity contribution is -0.140. The lowest BCUT2D eigenvalue weighted by Gasteiger charge is -2.35. The largest absolute Gasteiger partial charge is 0.480 e. The summed E-state index contributed by atoms with van der Waals surface area (Å²) >= 11 is 0. The van der Waals surface area contributed by atoms with Crippen molar-refractivity contribution in [1.82, 2.24) is 9.21 Å². The van der Waals surface area contributed by atoms with E-state index in [1.54, 1.807) is 35.2 Å². The Balaban J connectivity index is 1.64. The maximum absolute atomic E-state index is 13.0. The molecule has 0 aromatic heterocycles. The van der Waals surface area contributed by atoms with E-state index >= 15 is 0 Å². The minimum Gasteiger partial charge on any atom is -0.480 e. The van der Waals surface area contributed by atoms with E-state index in [1.165, 1.54) is 4.31 Å². The summed E-state index contributed by atoms with van der Waals surface area (Å²) in [4.78, 5) is 15.0. The molecule has 1 unspecified atom stereocenters. The smallest absolute Gasteiger partial charge is 0.263 e. The number of piperazine rings is 1. The van der Waals surface area contributed by atoms with Gasteiger partial charge in [0.2, 0.25) is 10.0 Å². The summed E-state index contributed by atoms with van der Waals surface area (Å²) in [6, 6.07) is 14.3. The normalized spacial score (nSPS) is 16.4. The summed E-state index contributed by atoms with van der Waals surface area (Å²) in [6.07, 6.45) is -0.0250. The molecule has 6 nitrogen and oxygen atoms in total. The molecular formula is C22H28N2O4S. The summed E-state index contributed by atoms with van der Waals surface area (Å²) in [5.41, 5.74) is 2.14. The van der Waals surface area contributed by atoms with Crippen LogP contribution in [0.5, 0.6) is 5.75 Å². The number of amides is 1. The van der Waals surface area contributed by atoms with Crippen LogP contribution in [0.2, 0.25) is 0 Å². The van der Waals surface area contributed by atoms with E-state index < -0.39 is 16.1 Å². The molecular weight excluding hydrogens is 388 g/mol. The number of benzene rings is 2. The van der Waals surface area contributed by atoms with E-state index in [0.29, 0.717) is 25.3 Å². The second-order valence-corrected chi connectivity index (χ2v) is 9.26. The van der Waals surface area contributed by atoms with Crippen molar-refractivity contribution >= 4 is 15.9 Å². The quantitative estimate of drug-likeness (QED) is 0.726. The number of carbonyl (C=O) groups excluding carboxylic acids is 1. The van der Waals surface area contributed by atoms with Crippen molar-refractivity contribution in [2.75, 3.05) is 26.2 Å². The van der Waals surface area contributed by atoms with Crippen LogP contribution in [0.3, 0.4) is 0 Å². The van der Waals surface area contributed by atoms with Gasteiger partial charge in [-0.05, 0) is 44.0 Å². The van der Waals surface area contributed by atoms with Crippen LogP contribution >= 0.6 is 0 Å². The van der Waals surface area contributed by atoms with Crippen LogP contribution in [0, 0.1) is 13.8 Å². The Morgan fingerprint density at radius 2 is 1.69 bits per heavy atom. The fourth-order valence-corrected chi connectivity index (χ4v) is 4.93. The monoisotopic (exact) mass is 416 g/mol. The van der Waals surface area contributed by atoms with E-state index in [-0.39, 0.29) is 23.9 Å². The second kappa shape index (κ2) is 8.97. The van der Waals surface area contributed by atoms with Gasteiger partial charge in [-0.1, -0.05) is 42.8 Å². The molecule has 1 amide bonds. The Bertz CT molecular complexity index is 952. The van der Waals surface area contributed by atoms with Gasteiger partial charge in [0.25, 0.3) is 5.91 Å². The highest BCUT2D eigenvalue weighted by Crippen LogP contribution is 2.22. The molecule has 1 saturated heterocycles. The summed E-state index contributed by atoms with van der Waals surface area (Å²) < 4.78 is 33.0. The Kier molecular flexibility index (Phi) is 6.59. The first-order chi connectivity index (χ1) is 13.8. The molecule has 29 heavy (non-hydrogen) atoms. The van der Waals surface area contributed by atoms with E-state index in [2.05, 4.69) is 0 Å². The van der Waals surface area contributed by atoms with Crippen molar-refractivity contribution in [2.24, 2.45) is 0 Å². The average Bonchev–Trinajstić information content (AvgIpc) is 2.73. The lowest BCUT2D eigenvalue weighted by atomic mass is 10.1. The molecule has 2 aromatic rings. The van der Waals surface area contributed by atoms with Gasteiger partial charge in [0.1, 0.15) is 5.75 Å². The summed E-state index contributed by atoms with van der Waals surface area (Å²) in [6.45, 7) is 7.18. The lowest BCUT2D eigenvalue weighted by Crippen LogP contribution is -2.53. The third-order valence-electron chi connectivity index (χ3n) is 5.18. The number of aryl methyl sites for hydroxylation is 2. The van der Waals surface area contributed by atoms with Crippen molar-refractivity contribution in [3.05, 3.63) is 59.7 Å². The summed E-state index contributed by atoms with van der Waals surface area (Å²) in [5, 5.41) is 0. The zero-order chi connectivity index (χ0) is 21.0. The van der Waals surface area contributed by atoms with Crippen LogP contribution < -0.4 is 4.74 Å². The highest BCUT2D eigenvalue weighted by atomic mass is 32.2. The van der Waals surface area contributed by atoms with Gasteiger partial charge in [0.05, 0.1) is 4.90 Å². The third-order valence-corrected chi connectivity index (χ3v) is 7.09. The molecule has 1 aliphatic rings. The van der Waals surface area contributed by atoms with Gasteiger partial charge in [0.15, 0.2) is 6.10 Å². The zero-order valence-corrected chi connectivity index (χ0v) is 18.0. The number of ether oxygens (including phenoxy) is 1. The number of hydrogen-bond acceptors (Lipinski definition) is 4. The Hall–Kier alpha value is -2.38. The first-order valence-corrected chi connectivity index (χ1v) is 11.3. The number of carbonyl (C=O) groups is 1. The van der Waals surface area contributed by atoms with Crippen molar-refractivity contribution in [3.8, 4) is 5.75 Å². The number of rotatable bonds is 6. The standard InChI is InChI=1S/C22H28N2O4S/c1-4-20(28-21-11-10-17(2)16-18(21)3)22(25)23-12-14-24(15-13-23)29(26,27)19-8-6-5-7-9-19/h5-11,16,20H,4,12-15H2,1-3H3. The second-order valence-electron chi connectivity index (χ2n) is 7.33. The average molecular weight is 417 g/mol. The van der Waals surface area contributed by atoms with Gasteiger partial charge in [-0.3, -0.25) is 4.79 Å². The van der Waals surface area contributed by atoms with Crippen LogP contribution in [0.1, 0.15) is 24.5 Å². The van der Waals surface area contributed by atoms with Crippen LogP contribution in [0.15, 0.2) is 53.4 Å². The Labute approximate surface area is 173 Å². The van der Waals surface area contributed by atoms with Crippen molar-refractivity contribution in [3.63, 3.8) is 0 Å². The highest BCUT2D eigenvalue weighted by Gasteiger charge is 2.32. The third kappa shape index (κ3) is 4.79. The molecule has 1 aliphatic heterocycles. The first kappa shape index (κ1) is 21.3. The van der Waals surface area contributed by atoms with Crippen molar-refractivity contribution < 1.29 is 17.9 Å². The summed E-state index contributed by atoms with van der Waals surface area (Å²) in [5.74, 6) is 0.616. The topological polar surface area (TPSA) is 66.9 Å². The number of sulfonamides is 1. The van der Waals surface area contributed by atoms with E-state index in [9.17, 15) is 13.2 Å². The first-order valence-electron chi connectivity index (χ1n) is 9.91. The number of hydrogen-bond donors (Lipinski definition) is 0. The molecule has 3 rings (SSSR count). The van der Waals surface area contributed by atoms with Gasteiger partial charge >= 0.3 is 0 Å². The van der Waals surface area contributed by atoms with E-state index in [0.717, 1.165) is 11.1 Å². The van der Waals surface area contributed by atoms with Gasteiger partial charge in [-0.2, -0.15) is 4.31 Å². The Morgan fingerprint density at radius 3 is 2.28 bits per heavy atom. The molecule has 0 spiro atoms. The predicted octanol–water partition coefficient (Wildman–Crippen LogP) is 2.99. The van der Waals surface area contributed by atoms with Crippen molar-refractivity contribution in [2.45, 2.75) is 38.2 Å². The summed E-state index contributed by atoms with van der Waals surface area (Å²) in [7, 11) is -3.53. The van der Waals surface area contributed by atoms with Crippen LogP contribution in [-0.4, -0.2) is 55.8 Å². The predicted molar refractivity (Wildman–Crippen MR) is 112 cm³/mol. The molecule has 0 aliphatic carbocycles. The molecule has 0 radical (unpaired) electrons. The zero-order valence-electron chi connectivity index (χ0n) is 17.2. The molecule has 156 valence electrons. The van der Waals surface area contributed by atoms with Crippen LogP contribution in [-0.2, 0) is 14.8 Å². The fraction of sp³-hybridized carbons (Fsp3) is 0.409. The molecule has 1 atom stereocenters. The van der Waals surface area contributed by atoms with E-state index in [1.807, 2.05) is 39.0 Å². The van der Waals surface area contributed by atoms with E-state index in [4.69, 9.17) is 4.74 Å². The van der Waals surface area contributed by atoms with Gasteiger partial charge in [0, 0.05) is 26.2 Å². The minimum atomic E-state index is -3.53. The molecule has 1 fully saturated rings. The van der Waals surface area contributed by atoms with Crippen LogP contribution in [0.25, 0.3) is 0 Å². The fourth-order valence-electron chi connectivity index (χ4n) is 3.49. The maximum Gasteiger partial charge on any atom is 0.263 e. The molecule has 2 aromatic carbocycles. The molecule has 7 heteroatoms. The molecule has 0 bridgehead atoms. The number of nitrogens with zero attached hydrogens (tertiary/aromatic N) is 2. The van der Waals surface area contributed by atoms with Gasteiger partial charge in [-0.25, -0.2) is 8.42 Å². The highest BCUT2D eigenvalue weighted by molar-refractivity contribution is 7.89. The van der Waals surface area contributed by atoms with Crippen LogP contribution in [0.4, 0.5) is 0 Å². The minimum absolute atomic E-state index is 0.0933.